The summed E-state index contributed by atoms with van der Waals surface area (Å²) < 4.78 is 18.5. The van der Waals surface area contributed by atoms with Crippen molar-refractivity contribution in [3.05, 3.63) is 83.6 Å². The van der Waals surface area contributed by atoms with Crippen molar-refractivity contribution < 1.29 is 18.7 Å². The van der Waals surface area contributed by atoms with Gasteiger partial charge in [-0.2, -0.15) is 0 Å². The smallest absolute Gasteiger partial charge is 0.411 e. The van der Waals surface area contributed by atoms with Crippen molar-refractivity contribution in [3.63, 3.8) is 0 Å². The first-order valence-corrected chi connectivity index (χ1v) is 14.3. The Balaban J connectivity index is 1.76. The van der Waals surface area contributed by atoms with Crippen LogP contribution in [-0.2, 0) is 13.9 Å². The number of amides is 1. The molecule has 0 spiro atoms. The largest absolute Gasteiger partial charge is 0.545 e. The van der Waals surface area contributed by atoms with E-state index in [-0.39, 0.29) is 18.2 Å². The van der Waals surface area contributed by atoms with Gasteiger partial charge in [0.2, 0.25) is 8.32 Å². The van der Waals surface area contributed by atoms with Gasteiger partial charge in [0, 0.05) is 6.61 Å². The molecule has 2 aliphatic rings. The molecule has 0 saturated carbocycles. The van der Waals surface area contributed by atoms with Gasteiger partial charge in [0.15, 0.2) is 6.10 Å². The second-order valence-electron chi connectivity index (χ2n) is 9.21. The molecule has 2 aromatic carbocycles. The number of rotatable bonds is 7. The standard InChI is InChI=1S/C25H31NO4Si/c1-6-28-25(2)20(17-21(25)30-31(3,4)5)26-22(18-13-9-7-10-14-18)23(29-24(26)27)19-15-11-8-12-16-19/h7-17,20,22-23H,6H2,1-5H3/t20-,22-,23+,25+/m1/s1. The third kappa shape index (κ3) is 4.02. The first-order chi connectivity index (χ1) is 14.7. The van der Waals surface area contributed by atoms with Crippen LogP contribution in [0, 0.1) is 0 Å². The summed E-state index contributed by atoms with van der Waals surface area (Å²) in [6.07, 6.45) is 1.30. The van der Waals surface area contributed by atoms with Crippen LogP contribution in [0.3, 0.4) is 0 Å². The van der Waals surface area contributed by atoms with Crippen molar-refractivity contribution in [1.29, 1.82) is 0 Å². The van der Waals surface area contributed by atoms with Crippen molar-refractivity contribution in [1.82, 2.24) is 4.90 Å². The number of hydrogen-bond donors (Lipinski definition) is 0. The second kappa shape index (κ2) is 8.17. The fourth-order valence-electron chi connectivity index (χ4n) is 4.44. The van der Waals surface area contributed by atoms with Gasteiger partial charge in [-0.25, -0.2) is 4.79 Å². The lowest BCUT2D eigenvalue weighted by Crippen LogP contribution is -2.61. The number of benzene rings is 2. The van der Waals surface area contributed by atoms with Gasteiger partial charge in [-0.05, 0) is 50.7 Å². The molecule has 4 atom stereocenters. The normalized spacial score (nSPS) is 28.0. The Bertz CT molecular complexity index is 956. The van der Waals surface area contributed by atoms with E-state index >= 15 is 0 Å². The molecule has 2 aromatic rings. The summed E-state index contributed by atoms with van der Waals surface area (Å²) in [5, 5.41) is 0. The van der Waals surface area contributed by atoms with Crippen LogP contribution in [0.25, 0.3) is 0 Å². The van der Waals surface area contributed by atoms with Crippen molar-refractivity contribution in [2.45, 2.75) is 57.3 Å². The maximum absolute atomic E-state index is 13.2. The molecule has 0 radical (unpaired) electrons. The Kier molecular flexibility index (Phi) is 5.70. The molecule has 31 heavy (non-hydrogen) atoms. The number of carbonyl (C=O) groups is 1. The minimum absolute atomic E-state index is 0.259. The van der Waals surface area contributed by atoms with Crippen LogP contribution >= 0.6 is 0 Å². The van der Waals surface area contributed by atoms with Gasteiger partial charge in [-0.3, -0.25) is 4.90 Å². The van der Waals surface area contributed by atoms with E-state index < -0.39 is 20.0 Å². The van der Waals surface area contributed by atoms with E-state index in [1.54, 1.807) is 0 Å². The quantitative estimate of drug-likeness (QED) is 0.511. The van der Waals surface area contributed by atoms with Crippen molar-refractivity contribution in [2.24, 2.45) is 0 Å². The molecule has 0 aromatic heterocycles. The molecule has 5 nitrogen and oxygen atoms in total. The van der Waals surface area contributed by atoms with E-state index in [1.807, 2.05) is 73.4 Å². The number of hydrogen-bond acceptors (Lipinski definition) is 4. The molecule has 1 aliphatic heterocycles. The number of nitrogens with zero attached hydrogens (tertiary/aromatic N) is 1. The topological polar surface area (TPSA) is 48.0 Å². The Labute approximate surface area is 185 Å². The molecule has 0 N–H and O–H groups in total. The van der Waals surface area contributed by atoms with E-state index in [9.17, 15) is 4.79 Å². The van der Waals surface area contributed by atoms with E-state index in [2.05, 4.69) is 31.8 Å². The number of carbonyl (C=O) groups excluding carboxylic acids is 1. The van der Waals surface area contributed by atoms with Crippen LogP contribution in [0.1, 0.15) is 37.1 Å². The van der Waals surface area contributed by atoms with E-state index in [0.29, 0.717) is 6.61 Å². The van der Waals surface area contributed by atoms with Gasteiger partial charge in [0.1, 0.15) is 17.4 Å². The van der Waals surface area contributed by atoms with Crippen LogP contribution in [0.15, 0.2) is 72.5 Å². The van der Waals surface area contributed by atoms with E-state index in [4.69, 9.17) is 13.9 Å². The predicted octanol–water partition coefficient (Wildman–Crippen LogP) is 5.83. The molecule has 0 bridgehead atoms. The Morgan fingerprint density at radius 2 is 1.58 bits per heavy atom. The van der Waals surface area contributed by atoms with E-state index in [0.717, 1.165) is 16.9 Å². The summed E-state index contributed by atoms with van der Waals surface area (Å²) in [6.45, 7) is 11.0. The third-order valence-corrected chi connectivity index (χ3v) is 6.65. The first kappa shape index (κ1) is 21.7. The Morgan fingerprint density at radius 3 is 2.13 bits per heavy atom. The first-order valence-electron chi connectivity index (χ1n) is 10.9. The zero-order chi connectivity index (χ0) is 22.2. The lowest BCUT2D eigenvalue weighted by atomic mass is 9.80. The van der Waals surface area contributed by atoms with Crippen LogP contribution in [0.2, 0.25) is 19.6 Å². The second-order valence-corrected chi connectivity index (χ2v) is 13.6. The van der Waals surface area contributed by atoms with Gasteiger partial charge >= 0.3 is 6.09 Å². The Morgan fingerprint density at radius 1 is 1.00 bits per heavy atom. The fourth-order valence-corrected chi connectivity index (χ4v) is 5.37. The summed E-state index contributed by atoms with van der Waals surface area (Å²) >= 11 is 0. The minimum atomic E-state index is -1.82. The summed E-state index contributed by atoms with van der Waals surface area (Å²) in [4.78, 5) is 15.1. The molecule has 4 rings (SSSR count). The zero-order valence-electron chi connectivity index (χ0n) is 18.9. The molecule has 164 valence electrons. The molecule has 1 aliphatic carbocycles. The fraction of sp³-hybridized carbons (Fsp3) is 0.400. The lowest BCUT2D eigenvalue weighted by Gasteiger charge is -2.50. The van der Waals surface area contributed by atoms with Crippen LogP contribution in [0.4, 0.5) is 4.79 Å². The van der Waals surface area contributed by atoms with Crippen LogP contribution in [-0.4, -0.2) is 37.6 Å². The maximum atomic E-state index is 13.2. The summed E-state index contributed by atoms with van der Waals surface area (Å²) in [5.74, 6) is 0.821. The third-order valence-electron chi connectivity index (χ3n) is 5.82. The van der Waals surface area contributed by atoms with Gasteiger partial charge in [0.05, 0.1) is 6.04 Å². The summed E-state index contributed by atoms with van der Waals surface area (Å²) in [5.41, 5.74) is 1.31. The molecule has 1 fully saturated rings. The summed E-state index contributed by atoms with van der Waals surface area (Å²) in [6, 6.07) is 19.5. The van der Waals surface area contributed by atoms with Gasteiger partial charge < -0.3 is 13.9 Å². The highest BCUT2D eigenvalue weighted by Crippen LogP contribution is 2.50. The van der Waals surface area contributed by atoms with Gasteiger partial charge in [-0.1, -0.05) is 60.7 Å². The molecular weight excluding hydrogens is 406 g/mol. The average molecular weight is 438 g/mol. The average Bonchev–Trinajstić information content (AvgIpc) is 3.08. The minimum Gasteiger partial charge on any atom is -0.545 e. The molecule has 1 heterocycles. The SMILES string of the molecule is CCO[C@]1(C)C(O[Si](C)(C)C)=C[C@H]1N1C(=O)O[C@@H](c2ccccc2)[C@H]1c1ccccc1. The molecule has 1 saturated heterocycles. The summed E-state index contributed by atoms with van der Waals surface area (Å²) in [7, 11) is -1.82. The number of ether oxygens (including phenoxy) is 2. The maximum Gasteiger partial charge on any atom is 0.411 e. The monoisotopic (exact) mass is 437 g/mol. The molecule has 6 heteroatoms. The van der Waals surface area contributed by atoms with Crippen LogP contribution < -0.4 is 0 Å². The van der Waals surface area contributed by atoms with Gasteiger partial charge in [-0.15, -0.1) is 0 Å². The number of cyclic esters (lactones) is 1. The lowest BCUT2D eigenvalue weighted by molar-refractivity contribution is -0.0843. The zero-order valence-corrected chi connectivity index (χ0v) is 19.9. The van der Waals surface area contributed by atoms with Gasteiger partial charge in [0.25, 0.3) is 0 Å². The molecule has 0 unspecified atom stereocenters. The van der Waals surface area contributed by atoms with E-state index in [1.165, 1.54) is 0 Å². The van der Waals surface area contributed by atoms with Crippen LogP contribution in [0.5, 0.6) is 0 Å². The highest BCUT2D eigenvalue weighted by atomic mass is 28.4. The Hall–Kier alpha value is -2.57. The van der Waals surface area contributed by atoms with Crippen molar-refractivity contribution in [2.75, 3.05) is 6.61 Å². The van der Waals surface area contributed by atoms with Crippen molar-refractivity contribution >= 4 is 14.4 Å². The predicted molar refractivity (Wildman–Crippen MR) is 123 cm³/mol. The van der Waals surface area contributed by atoms with Crippen molar-refractivity contribution in [3.8, 4) is 0 Å². The highest BCUT2D eigenvalue weighted by Gasteiger charge is 2.58. The molecule has 1 amide bonds. The highest BCUT2D eigenvalue weighted by molar-refractivity contribution is 6.70. The molecular formula is C25H31NO4Si.